The molecular formula is C16H14BrClN2S. The molecular weight excluding hydrogens is 368 g/mol. The minimum absolute atomic E-state index is 0.0103. The molecule has 2 nitrogen and oxygen atoms in total. The molecule has 0 aliphatic carbocycles. The van der Waals surface area contributed by atoms with Crippen LogP contribution in [-0.2, 0) is 6.42 Å². The van der Waals surface area contributed by atoms with Gasteiger partial charge in [0, 0.05) is 14.2 Å². The van der Waals surface area contributed by atoms with Crippen molar-refractivity contribution in [1.29, 1.82) is 0 Å². The van der Waals surface area contributed by atoms with E-state index in [1.54, 1.807) is 11.3 Å². The molecule has 0 aliphatic heterocycles. The van der Waals surface area contributed by atoms with Crippen LogP contribution in [-0.4, -0.2) is 0 Å². The lowest BCUT2D eigenvalue weighted by molar-refractivity contribution is 0.552. The maximum atomic E-state index is 6.11. The molecule has 1 atom stereocenters. The third-order valence-electron chi connectivity index (χ3n) is 3.52. The zero-order valence-corrected chi connectivity index (χ0v) is 14.3. The van der Waals surface area contributed by atoms with E-state index >= 15 is 0 Å². The second-order valence-electron chi connectivity index (χ2n) is 4.85. The molecule has 5 heteroatoms. The molecule has 0 radical (unpaired) electrons. The zero-order chi connectivity index (χ0) is 14.8. The summed E-state index contributed by atoms with van der Waals surface area (Å²) in [5.41, 5.74) is 5.27. The lowest BCUT2D eigenvalue weighted by atomic mass is 9.99. The normalized spacial score (nSPS) is 12.7. The molecule has 0 bridgehead atoms. The van der Waals surface area contributed by atoms with E-state index in [-0.39, 0.29) is 6.04 Å². The van der Waals surface area contributed by atoms with Gasteiger partial charge in [-0.2, -0.15) is 0 Å². The average Bonchev–Trinajstić information content (AvgIpc) is 2.91. The predicted octanol–water partition coefficient (Wildman–Crippen LogP) is 5.06. The average molecular weight is 382 g/mol. The van der Waals surface area contributed by atoms with E-state index in [9.17, 15) is 0 Å². The Kier molecular flexibility index (Phi) is 4.62. The summed E-state index contributed by atoms with van der Waals surface area (Å²) < 4.78 is 2.31. The van der Waals surface area contributed by atoms with Gasteiger partial charge in [0.25, 0.3) is 0 Å². The van der Waals surface area contributed by atoms with E-state index in [2.05, 4.69) is 51.0 Å². The number of hydrazine groups is 1. The summed E-state index contributed by atoms with van der Waals surface area (Å²) in [6.45, 7) is 0. The molecule has 3 N–H and O–H groups in total. The number of nitrogens with two attached hydrogens (primary N) is 1. The molecule has 1 aromatic heterocycles. The summed E-state index contributed by atoms with van der Waals surface area (Å²) >= 11 is 11.4. The first kappa shape index (κ1) is 15.0. The molecule has 1 unspecified atom stereocenters. The van der Waals surface area contributed by atoms with Crippen molar-refractivity contribution in [3.05, 3.63) is 68.5 Å². The van der Waals surface area contributed by atoms with E-state index in [1.165, 1.54) is 15.6 Å². The van der Waals surface area contributed by atoms with Gasteiger partial charge < -0.3 is 0 Å². The number of halogens is 2. The standard InChI is InChI=1S/C16H14BrClN2S/c17-14-6-5-11(18)8-13(14)15(20-19)7-10-9-21-16-4-2-1-3-12(10)16/h1-6,8-9,15,20H,7,19H2. The van der Waals surface area contributed by atoms with Crippen molar-refractivity contribution in [2.75, 3.05) is 0 Å². The summed E-state index contributed by atoms with van der Waals surface area (Å²) in [5.74, 6) is 5.77. The Bertz CT molecular complexity index is 772. The number of hydrogen-bond donors (Lipinski definition) is 2. The van der Waals surface area contributed by atoms with E-state index in [0.29, 0.717) is 5.02 Å². The predicted molar refractivity (Wildman–Crippen MR) is 94.7 cm³/mol. The molecule has 0 aliphatic rings. The first-order valence-electron chi connectivity index (χ1n) is 6.55. The topological polar surface area (TPSA) is 38.0 Å². The van der Waals surface area contributed by atoms with Gasteiger partial charge in [-0.15, -0.1) is 11.3 Å². The van der Waals surface area contributed by atoms with Crippen molar-refractivity contribution in [3.8, 4) is 0 Å². The third kappa shape index (κ3) is 3.15. The van der Waals surface area contributed by atoms with Crippen molar-refractivity contribution in [2.24, 2.45) is 5.84 Å². The first-order chi connectivity index (χ1) is 10.2. The fraction of sp³-hybridized carbons (Fsp3) is 0.125. The van der Waals surface area contributed by atoms with Crippen LogP contribution < -0.4 is 11.3 Å². The highest BCUT2D eigenvalue weighted by atomic mass is 79.9. The van der Waals surface area contributed by atoms with Gasteiger partial charge >= 0.3 is 0 Å². The summed E-state index contributed by atoms with van der Waals surface area (Å²) in [6.07, 6.45) is 0.819. The smallest absolute Gasteiger partial charge is 0.0512 e. The summed E-state index contributed by atoms with van der Waals surface area (Å²) in [5, 5.41) is 4.21. The molecule has 0 fully saturated rings. The van der Waals surface area contributed by atoms with Crippen LogP contribution in [0.25, 0.3) is 10.1 Å². The maximum absolute atomic E-state index is 6.11. The van der Waals surface area contributed by atoms with E-state index in [0.717, 1.165) is 16.5 Å². The Morgan fingerprint density at radius 1 is 1.24 bits per heavy atom. The molecule has 108 valence electrons. The fourth-order valence-corrected chi connectivity index (χ4v) is 4.13. The maximum Gasteiger partial charge on any atom is 0.0512 e. The monoisotopic (exact) mass is 380 g/mol. The highest BCUT2D eigenvalue weighted by Gasteiger charge is 2.16. The molecule has 2 aromatic carbocycles. The van der Waals surface area contributed by atoms with Gasteiger partial charge in [-0.3, -0.25) is 11.3 Å². The number of nitrogens with one attached hydrogen (secondary N) is 1. The van der Waals surface area contributed by atoms with Gasteiger partial charge in [-0.25, -0.2) is 0 Å². The molecule has 0 saturated heterocycles. The van der Waals surface area contributed by atoms with Gasteiger partial charge in [-0.05, 0) is 52.6 Å². The summed E-state index contributed by atoms with van der Waals surface area (Å²) in [6, 6.07) is 14.2. The Labute approximate surface area is 141 Å². The molecule has 0 spiro atoms. The lowest BCUT2D eigenvalue weighted by Gasteiger charge is -2.18. The highest BCUT2D eigenvalue weighted by Crippen LogP contribution is 2.32. The van der Waals surface area contributed by atoms with Crippen molar-refractivity contribution < 1.29 is 0 Å². The van der Waals surface area contributed by atoms with Crippen LogP contribution in [0.5, 0.6) is 0 Å². The zero-order valence-electron chi connectivity index (χ0n) is 11.1. The fourth-order valence-electron chi connectivity index (χ4n) is 2.45. The molecule has 0 saturated carbocycles. The lowest BCUT2D eigenvalue weighted by Crippen LogP contribution is -2.29. The van der Waals surface area contributed by atoms with Gasteiger partial charge in [0.1, 0.15) is 0 Å². The van der Waals surface area contributed by atoms with Crippen LogP contribution >= 0.6 is 38.9 Å². The van der Waals surface area contributed by atoms with Gasteiger partial charge in [0.15, 0.2) is 0 Å². The molecule has 21 heavy (non-hydrogen) atoms. The van der Waals surface area contributed by atoms with Gasteiger partial charge in [0.05, 0.1) is 6.04 Å². The van der Waals surface area contributed by atoms with Crippen molar-refractivity contribution in [2.45, 2.75) is 12.5 Å². The van der Waals surface area contributed by atoms with Crippen LogP contribution in [0.4, 0.5) is 0 Å². The number of thiophene rings is 1. The summed E-state index contributed by atoms with van der Waals surface area (Å²) in [7, 11) is 0. The van der Waals surface area contributed by atoms with Crippen molar-refractivity contribution in [3.63, 3.8) is 0 Å². The minimum atomic E-state index is 0.0103. The van der Waals surface area contributed by atoms with Crippen LogP contribution in [0.3, 0.4) is 0 Å². The van der Waals surface area contributed by atoms with Crippen molar-refractivity contribution in [1.82, 2.24) is 5.43 Å². The Morgan fingerprint density at radius 3 is 2.86 bits per heavy atom. The van der Waals surface area contributed by atoms with Crippen LogP contribution in [0.15, 0.2) is 52.3 Å². The SMILES string of the molecule is NNC(Cc1csc2ccccc12)c1cc(Cl)ccc1Br. The van der Waals surface area contributed by atoms with Crippen LogP contribution in [0, 0.1) is 0 Å². The molecule has 0 amide bonds. The Hall–Kier alpha value is -0.910. The molecule has 3 rings (SSSR count). The first-order valence-corrected chi connectivity index (χ1v) is 8.60. The van der Waals surface area contributed by atoms with Gasteiger partial charge in [0.2, 0.25) is 0 Å². The highest BCUT2D eigenvalue weighted by molar-refractivity contribution is 9.10. The van der Waals surface area contributed by atoms with E-state index < -0.39 is 0 Å². The number of fused-ring (bicyclic) bond motifs is 1. The molecule has 1 heterocycles. The van der Waals surface area contributed by atoms with Crippen molar-refractivity contribution >= 4 is 49.0 Å². The van der Waals surface area contributed by atoms with Gasteiger partial charge in [-0.1, -0.05) is 45.7 Å². The van der Waals surface area contributed by atoms with Crippen LogP contribution in [0.1, 0.15) is 17.2 Å². The second-order valence-corrected chi connectivity index (χ2v) is 7.05. The summed E-state index contributed by atoms with van der Waals surface area (Å²) in [4.78, 5) is 0. The number of rotatable bonds is 4. The van der Waals surface area contributed by atoms with E-state index in [4.69, 9.17) is 17.4 Å². The number of hydrogen-bond acceptors (Lipinski definition) is 3. The Balaban J connectivity index is 1.96. The quantitative estimate of drug-likeness (QED) is 0.489. The third-order valence-corrected chi connectivity index (χ3v) is 5.49. The minimum Gasteiger partial charge on any atom is -0.271 e. The van der Waals surface area contributed by atoms with E-state index in [1.807, 2.05) is 18.2 Å². The Morgan fingerprint density at radius 2 is 2.05 bits per heavy atom. The van der Waals surface area contributed by atoms with Crippen LogP contribution in [0.2, 0.25) is 5.02 Å². The molecule has 3 aromatic rings. The second kappa shape index (κ2) is 6.46. The number of benzene rings is 2. The largest absolute Gasteiger partial charge is 0.271 e.